The number of hydrogen-bond donors (Lipinski definition) is 2. The van der Waals surface area contributed by atoms with Crippen LogP contribution in [0.5, 0.6) is 0 Å². The molecule has 2 N–H and O–H groups in total. The highest BCUT2D eigenvalue weighted by Crippen LogP contribution is 2.14. The van der Waals surface area contributed by atoms with Crippen molar-refractivity contribution in [3.05, 3.63) is 35.8 Å². The summed E-state index contributed by atoms with van der Waals surface area (Å²) >= 11 is 0. The summed E-state index contributed by atoms with van der Waals surface area (Å²) in [6.45, 7) is 5.10. The molecule has 0 bridgehead atoms. The Bertz CT molecular complexity index is 536. The minimum Gasteiger partial charge on any atom is -0.464 e. The van der Waals surface area contributed by atoms with E-state index in [9.17, 15) is 14.4 Å². The molecule has 6 nitrogen and oxygen atoms in total. The van der Waals surface area contributed by atoms with E-state index in [2.05, 4.69) is 15.0 Å². The minimum absolute atomic E-state index is 0.188. The molecule has 0 unspecified atom stereocenters. The van der Waals surface area contributed by atoms with E-state index >= 15 is 0 Å². The molecule has 0 fully saturated rings. The molecule has 1 heterocycles. The Labute approximate surface area is 117 Å². The normalized spacial score (nSPS) is 11.9. The number of esters is 1. The average Bonchev–Trinajstić information content (AvgIpc) is 2.89. The van der Waals surface area contributed by atoms with E-state index in [1.54, 1.807) is 39.1 Å². The number of aromatic amines is 1. The number of carbonyl (C=O) groups is 3. The number of rotatable bonds is 4. The fraction of sp³-hybridized carbons (Fsp3) is 0.357. The summed E-state index contributed by atoms with van der Waals surface area (Å²) in [6.07, 6.45) is 2.63. The lowest BCUT2D eigenvalue weighted by Crippen LogP contribution is -2.37. The second-order valence-electron chi connectivity index (χ2n) is 5.20. The van der Waals surface area contributed by atoms with Gasteiger partial charge in [0.15, 0.2) is 0 Å². The van der Waals surface area contributed by atoms with E-state index in [1.165, 1.54) is 7.11 Å². The molecule has 0 aliphatic heterocycles. The van der Waals surface area contributed by atoms with Crippen molar-refractivity contribution in [2.24, 2.45) is 5.41 Å². The number of methoxy groups -OCH3 is 1. The van der Waals surface area contributed by atoms with E-state index in [1.807, 2.05) is 0 Å². The zero-order chi connectivity index (χ0) is 15.3. The quantitative estimate of drug-likeness (QED) is 0.495. The first kappa shape index (κ1) is 15.7. The summed E-state index contributed by atoms with van der Waals surface area (Å²) in [5.74, 6) is -1.58. The maximum atomic E-state index is 11.9. The third-order valence-electron chi connectivity index (χ3n) is 2.47. The number of ether oxygens (including phenoxy) is 1. The number of carbonyl (C=O) groups excluding carboxylic acids is 3. The number of allylic oxidation sites excluding steroid dienone is 1. The fourth-order valence-electron chi connectivity index (χ4n) is 1.26. The number of amides is 1. The zero-order valence-corrected chi connectivity index (χ0v) is 11.9. The van der Waals surface area contributed by atoms with Gasteiger partial charge in [-0.3, -0.25) is 9.59 Å². The molecule has 0 spiro atoms. The highest BCUT2D eigenvalue weighted by Gasteiger charge is 2.25. The van der Waals surface area contributed by atoms with Gasteiger partial charge in [-0.1, -0.05) is 20.8 Å². The van der Waals surface area contributed by atoms with Crippen molar-refractivity contribution in [2.75, 3.05) is 7.11 Å². The van der Waals surface area contributed by atoms with E-state index in [0.29, 0.717) is 5.69 Å². The highest BCUT2D eigenvalue weighted by molar-refractivity contribution is 6.08. The Kier molecular flexibility index (Phi) is 4.85. The van der Waals surface area contributed by atoms with Crippen molar-refractivity contribution >= 4 is 17.7 Å². The molecule has 0 atom stereocenters. The number of hydrogen-bond acceptors (Lipinski definition) is 4. The summed E-state index contributed by atoms with van der Waals surface area (Å²) < 4.78 is 4.56. The Morgan fingerprint density at radius 1 is 1.30 bits per heavy atom. The maximum absolute atomic E-state index is 11.9. The summed E-state index contributed by atoms with van der Waals surface area (Å²) in [5, 5.41) is 2.41. The third-order valence-corrected chi connectivity index (χ3v) is 2.47. The average molecular weight is 278 g/mol. The van der Waals surface area contributed by atoms with E-state index in [0.717, 1.165) is 6.08 Å². The van der Waals surface area contributed by atoms with Crippen LogP contribution in [-0.2, 0) is 14.3 Å². The molecule has 0 saturated carbocycles. The predicted molar refractivity (Wildman–Crippen MR) is 72.8 cm³/mol. The lowest BCUT2D eigenvalue weighted by molar-refractivity contribution is -0.138. The van der Waals surface area contributed by atoms with Gasteiger partial charge in [-0.05, 0) is 12.1 Å². The lowest BCUT2D eigenvalue weighted by Gasteiger charge is -2.18. The largest absolute Gasteiger partial charge is 0.464 e. The summed E-state index contributed by atoms with van der Waals surface area (Å²) in [7, 11) is 1.18. The SMILES string of the molecule is COC(=O)/C(=C/C(=O)c1ccc[nH]1)NC(=O)C(C)(C)C. The second-order valence-corrected chi connectivity index (χ2v) is 5.20. The van der Waals surface area contributed by atoms with Crippen LogP contribution < -0.4 is 5.32 Å². The van der Waals surface area contributed by atoms with Crippen LogP contribution in [0.3, 0.4) is 0 Å². The van der Waals surface area contributed by atoms with Crippen LogP contribution in [0, 0.1) is 5.41 Å². The van der Waals surface area contributed by atoms with E-state index in [-0.39, 0.29) is 11.6 Å². The molecule has 0 radical (unpaired) electrons. The van der Waals surface area contributed by atoms with Crippen LogP contribution in [0.25, 0.3) is 0 Å². The molecule has 0 aliphatic carbocycles. The first-order valence-electron chi connectivity index (χ1n) is 6.05. The van der Waals surface area contributed by atoms with Crippen LogP contribution in [-0.4, -0.2) is 29.8 Å². The smallest absolute Gasteiger partial charge is 0.354 e. The highest BCUT2D eigenvalue weighted by atomic mass is 16.5. The van der Waals surface area contributed by atoms with Crippen LogP contribution in [0.2, 0.25) is 0 Å². The summed E-state index contributed by atoms with van der Waals surface area (Å²) in [5.41, 5.74) is -0.564. The Balaban J connectivity index is 2.99. The molecular formula is C14H18N2O4. The van der Waals surface area contributed by atoms with Gasteiger partial charge in [-0.25, -0.2) is 4.79 Å². The summed E-state index contributed by atoms with van der Waals surface area (Å²) in [6, 6.07) is 3.23. The molecule has 6 heteroatoms. The van der Waals surface area contributed by atoms with Crippen LogP contribution >= 0.6 is 0 Å². The van der Waals surface area contributed by atoms with Crippen molar-refractivity contribution in [3.63, 3.8) is 0 Å². The standard InChI is InChI=1S/C14H18N2O4/c1-14(2,3)13(19)16-10(12(18)20-4)8-11(17)9-6-5-7-15-9/h5-8,15H,1-4H3,(H,16,19)/b10-8-. The van der Waals surface area contributed by atoms with Crippen LogP contribution in [0.15, 0.2) is 30.1 Å². The number of aromatic nitrogens is 1. The zero-order valence-electron chi connectivity index (χ0n) is 11.9. The Morgan fingerprint density at radius 2 is 1.95 bits per heavy atom. The van der Waals surface area contributed by atoms with Crippen molar-refractivity contribution < 1.29 is 19.1 Å². The molecular weight excluding hydrogens is 260 g/mol. The molecule has 1 aromatic heterocycles. The molecule has 0 aliphatic rings. The Morgan fingerprint density at radius 3 is 2.40 bits per heavy atom. The van der Waals surface area contributed by atoms with Crippen molar-refractivity contribution in [1.82, 2.24) is 10.3 Å². The molecule has 1 amide bonds. The number of nitrogens with one attached hydrogen (secondary N) is 2. The second kappa shape index (κ2) is 6.18. The van der Waals surface area contributed by atoms with E-state index in [4.69, 9.17) is 0 Å². The first-order chi connectivity index (χ1) is 9.25. The molecule has 0 saturated heterocycles. The molecule has 1 aromatic rings. The number of H-pyrrole nitrogens is 1. The van der Waals surface area contributed by atoms with Crippen molar-refractivity contribution in [1.29, 1.82) is 0 Å². The van der Waals surface area contributed by atoms with Crippen molar-refractivity contribution in [3.8, 4) is 0 Å². The number of ketones is 1. The van der Waals surface area contributed by atoms with Gasteiger partial charge in [0.25, 0.3) is 0 Å². The van der Waals surface area contributed by atoms with Gasteiger partial charge in [-0.15, -0.1) is 0 Å². The predicted octanol–water partition coefficient (Wildman–Crippen LogP) is 1.42. The summed E-state index contributed by atoms with van der Waals surface area (Å²) in [4.78, 5) is 38.1. The van der Waals surface area contributed by atoms with Crippen LogP contribution in [0.1, 0.15) is 31.3 Å². The fourth-order valence-corrected chi connectivity index (χ4v) is 1.26. The molecule has 1 rings (SSSR count). The van der Waals surface area contributed by atoms with Gasteiger partial charge in [0.1, 0.15) is 5.70 Å². The van der Waals surface area contributed by atoms with Gasteiger partial charge >= 0.3 is 5.97 Å². The molecule has 108 valence electrons. The Hall–Kier alpha value is -2.37. The van der Waals surface area contributed by atoms with Gasteiger partial charge in [0.2, 0.25) is 11.7 Å². The van der Waals surface area contributed by atoms with Gasteiger partial charge in [0.05, 0.1) is 12.8 Å². The van der Waals surface area contributed by atoms with Gasteiger partial charge < -0.3 is 15.0 Å². The molecule has 0 aromatic carbocycles. The third kappa shape index (κ3) is 4.08. The first-order valence-corrected chi connectivity index (χ1v) is 6.05. The lowest BCUT2D eigenvalue weighted by atomic mass is 9.95. The van der Waals surface area contributed by atoms with Gasteiger partial charge in [-0.2, -0.15) is 0 Å². The maximum Gasteiger partial charge on any atom is 0.354 e. The van der Waals surface area contributed by atoms with Gasteiger partial charge in [0, 0.05) is 17.7 Å². The molecule has 20 heavy (non-hydrogen) atoms. The van der Waals surface area contributed by atoms with Crippen LogP contribution in [0.4, 0.5) is 0 Å². The monoisotopic (exact) mass is 278 g/mol. The topological polar surface area (TPSA) is 88.3 Å². The van der Waals surface area contributed by atoms with Crippen molar-refractivity contribution in [2.45, 2.75) is 20.8 Å². The minimum atomic E-state index is -0.775. The van der Waals surface area contributed by atoms with E-state index < -0.39 is 17.2 Å².